The third-order valence-corrected chi connectivity index (χ3v) is 3.55. The first kappa shape index (κ1) is 10.4. The zero-order valence-electron chi connectivity index (χ0n) is 8.45. The first-order valence-electron chi connectivity index (χ1n) is 5.56. The van der Waals surface area contributed by atoms with E-state index < -0.39 is 0 Å². The summed E-state index contributed by atoms with van der Waals surface area (Å²) in [5.41, 5.74) is 0. The Morgan fingerprint density at radius 3 is 1.57 bits per heavy atom. The van der Waals surface area contributed by atoms with Crippen molar-refractivity contribution in [2.75, 3.05) is 26.2 Å². The van der Waals surface area contributed by atoms with E-state index >= 15 is 0 Å². The van der Waals surface area contributed by atoms with Gasteiger partial charge in [0.1, 0.15) is 0 Å². The van der Waals surface area contributed by atoms with Gasteiger partial charge in [0.05, 0.1) is 12.2 Å². The van der Waals surface area contributed by atoms with E-state index in [2.05, 4.69) is 10.6 Å². The van der Waals surface area contributed by atoms with E-state index in [1.54, 1.807) is 0 Å². The van der Waals surface area contributed by atoms with E-state index in [0.29, 0.717) is 13.1 Å². The molecule has 14 heavy (non-hydrogen) atoms. The number of aliphatic hydroxyl groups is 2. The summed E-state index contributed by atoms with van der Waals surface area (Å²) >= 11 is 0. The summed E-state index contributed by atoms with van der Waals surface area (Å²) in [6.07, 6.45) is 1.43. The van der Waals surface area contributed by atoms with Crippen molar-refractivity contribution in [3.8, 4) is 0 Å². The molecule has 0 amide bonds. The molecule has 2 aliphatic rings. The highest BCUT2D eigenvalue weighted by atomic mass is 16.3. The zero-order chi connectivity index (χ0) is 9.97. The lowest BCUT2D eigenvalue weighted by Crippen LogP contribution is -2.51. The van der Waals surface area contributed by atoms with Crippen LogP contribution in [0.4, 0.5) is 0 Å². The largest absolute Gasteiger partial charge is 0.392 e. The molecule has 0 radical (unpaired) electrons. The van der Waals surface area contributed by atoms with E-state index in [0.717, 1.165) is 25.9 Å². The van der Waals surface area contributed by atoms with Gasteiger partial charge in [-0.3, -0.25) is 0 Å². The highest BCUT2D eigenvalue weighted by Crippen LogP contribution is 2.29. The molecule has 2 heterocycles. The lowest BCUT2D eigenvalue weighted by Gasteiger charge is -2.39. The fourth-order valence-corrected chi connectivity index (χ4v) is 2.72. The molecule has 4 unspecified atom stereocenters. The second kappa shape index (κ2) is 4.57. The van der Waals surface area contributed by atoms with Crippen molar-refractivity contribution in [2.45, 2.75) is 25.0 Å². The lowest BCUT2D eigenvalue weighted by atomic mass is 9.76. The molecule has 82 valence electrons. The number of nitrogens with one attached hydrogen (secondary N) is 2. The number of rotatable bonds is 1. The number of β-amino-alcohol motifs (C(OH)–C–C–N with tert-alkyl or cyclic N) is 2. The molecule has 4 N–H and O–H groups in total. The third-order valence-electron chi connectivity index (χ3n) is 3.55. The second-order valence-corrected chi connectivity index (χ2v) is 4.45. The number of hydrogen-bond acceptors (Lipinski definition) is 4. The van der Waals surface area contributed by atoms with Gasteiger partial charge in [0.15, 0.2) is 0 Å². The van der Waals surface area contributed by atoms with Crippen LogP contribution in [-0.4, -0.2) is 48.6 Å². The highest BCUT2D eigenvalue weighted by molar-refractivity contribution is 4.89. The van der Waals surface area contributed by atoms with Crippen LogP contribution in [0.25, 0.3) is 0 Å². The van der Waals surface area contributed by atoms with Crippen LogP contribution in [0.1, 0.15) is 12.8 Å². The van der Waals surface area contributed by atoms with Crippen molar-refractivity contribution in [3.63, 3.8) is 0 Å². The van der Waals surface area contributed by atoms with Crippen molar-refractivity contribution in [2.24, 2.45) is 11.8 Å². The van der Waals surface area contributed by atoms with Crippen LogP contribution < -0.4 is 10.6 Å². The van der Waals surface area contributed by atoms with Crippen LogP contribution in [-0.2, 0) is 0 Å². The summed E-state index contributed by atoms with van der Waals surface area (Å²) in [5, 5.41) is 26.0. The zero-order valence-corrected chi connectivity index (χ0v) is 8.45. The van der Waals surface area contributed by atoms with E-state index in [9.17, 15) is 10.2 Å². The Hall–Kier alpha value is -0.160. The van der Waals surface area contributed by atoms with Crippen molar-refractivity contribution < 1.29 is 10.2 Å². The van der Waals surface area contributed by atoms with Gasteiger partial charge in [0, 0.05) is 13.1 Å². The third kappa shape index (κ3) is 2.08. The number of piperidine rings is 2. The SMILES string of the molecule is OC1CNCCC1C1CCNCC1O. The Morgan fingerprint density at radius 2 is 1.21 bits per heavy atom. The first-order valence-corrected chi connectivity index (χ1v) is 5.56. The van der Waals surface area contributed by atoms with Gasteiger partial charge in [-0.05, 0) is 37.8 Å². The minimum Gasteiger partial charge on any atom is -0.392 e. The molecular formula is C10H20N2O2. The Kier molecular flexibility index (Phi) is 3.38. The summed E-state index contributed by atoms with van der Waals surface area (Å²) < 4.78 is 0. The predicted octanol–water partition coefficient (Wildman–Crippen LogP) is -1.07. The minimum atomic E-state index is -0.276. The smallest absolute Gasteiger partial charge is 0.0696 e. The Balaban J connectivity index is 1.96. The standard InChI is InChI=1S/C10H20N2O2/c13-9-5-11-3-1-7(9)8-2-4-12-6-10(8)14/h7-14H,1-6H2. The van der Waals surface area contributed by atoms with Gasteiger partial charge in [0.2, 0.25) is 0 Å². The first-order chi connectivity index (χ1) is 6.79. The Labute approximate surface area is 84.7 Å². The molecule has 2 fully saturated rings. The fourth-order valence-electron chi connectivity index (χ4n) is 2.72. The van der Waals surface area contributed by atoms with Crippen LogP contribution in [0.2, 0.25) is 0 Å². The van der Waals surface area contributed by atoms with Gasteiger partial charge < -0.3 is 20.8 Å². The van der Waals surface area contributed by atoms with Crippen molar-refractivity contribution in [1.82, 2.24) is 10.6 Å². The lowest BCUT2D eigenvalue weighted by molar-refractivity contribution is -0.0205. The monoisotopic (exact) mass is 200 g/mol. The van der Waals surface area contributed by atoms with E-state index in [1.165, 1.54) is 0 Å². The number of aliphatic hydroxyl groups excluding tert-OH is 2. The van der Waals surface area contributed by atoms with Gasteiger partial charge in [-0.2, -0.15) is 0 Å². The maximum atomic E-state index is 9.84. The minimum absolute atomic E-state index is 0.276. The summed E-state index contributed by atoms with van der Waals surface area (Å²) in [6, 6.07) is 0. The fraction of sp³-hybridized carbons (Fsp3) is 1.00. The van der Waals surface area contributed by atoms with Crippen molar-refractivity contribution >= 4 is 0 Å². The van der Waals surface area contributed by atoms with E-state index in [4.69, 9.17) is 0 Å². The van der Waals surface area contributed by atoms with Crippen LogP contribution >= 0.6 is 0 Å². The molecule has 0 spiro atoms. The second-order valence-electron chi connectivity index (χ2n) is 4.45. The Morgan fingerprint density at radius 1 is 0.786 bits per heavy atom. The van der Waals surface area contributed by atoms with E-state index in [1.807, 2.05) is 0 Å². The number of hydrogen-bond donors (Lipinski definition) is 4. The summed E-state index contributed by atoms with van der Waals surface area (Å²) in [7, 11) is 0. The normalized spacial score (nSPS) is 45.0. The van der Waals surface area contributed by atoms with Gasteiger partial charge >= 0.3 is 0 Å². The molecule has 2 rings (SSSR count). The maximum Gasteiger partial charge on any atom is 0.0696 e. The van der Waals surface area contributed by atoms with Gasteiger partial charge in [-0.15, -0.1) is 0 Å². The molecule has 4 heteroatoms. The van der Waals surface area contributed by atoms with E-state index in [-0.39, 0.29) is 24.0 Å². The molecule has 0 aromatic heterocycles. The van der Waals surface area contributed by atoms with Gasteiger partial charge in [-0.1, -0.05) is 0 Å². The molecule has 2 saturated heterocycles. The van der Waals surface area contributed by atoms with Gasteiger partial charge in [0.25, 0.3) is 0 Å². The quantitative estimate of drug-likeness (QED) is 0.435. The molecule has 0 bridgehead atoms. The maximum absolute atomic E-state index is 9.84. The van der Waals surface area contributed by atoms with Crippen LogP contribution in [0.5, 0.6) is 0 Å². The molecule has 2 aliphatic heterocycles. The molecule has 4 nitrogen and oxygen atoms in total. The summed E-state index contributed by atoms with van der Waals surface area (Å²) in [4.78, 5) is 0. The average Bonchev–Trinajstić information content (AvgIpc) is 2.20. The average molecular weight is 200 g/mol. The topological polar surface area (TPSA) is 64.5 Å². The van der Waals surface area contributed by atoms with Crippen LogP contribution in [0.15, 0.2) is 0 Å². The van der Waals surface area contributed by atoms with Crippen LogP contribution in [0, 0.1) is 11.8 Å². The molecule has 0 aromatic rings. The molecule has 0 saturated carbocycles. The van der Waals surface area contributed by atoms with Gasteiger partial charge in [-0.25, -0.2) is 0 Å². The molecular weight excluding hydrogens is 180 g/mol. The van der Waals surface area contributed by atoms with Crippen LogP contribution in [0.3, 0.4) is 0 Å². The molecule has 4 atom stereocenters. The van der Waals surface area contributed by atoms with Crippen molar-refractivity contribution in [3.05, 3.63) is 0 Å². The summed E-state index contributed by atoms with van der Waals surface area (Å²) in [6.45, 7) is 3.30. The summed E-state index contributed by atoms with van der Waals surface area (Å²) in [5.74, 6) is 0.571. The molecule has 0 aliphatic carbocycles. The molecule has 0 aromatic carbocycles. The predicted molar refractivity (Wildman–Crippen MR) is 54.0 cm³/mol. The Bertz CT molecular complexity index is 169. The van der Waals surface area contributed by atoms with Crippen molar-refractivity contribution in [1.29, 1.82) is 0 Å². The highest BCUT2D eigenvalue weighted by Gasteiger charge is 2.35.